The fourth-order valence-electron chi connectivity index (χ4n) is 3.89. The molecule has 0 radical (unpaired) electrons. The molecule has 2 fully saturated rings. The molecule has 2 aliphatic rings. The van der Waals surface area contributed by atoms with Crippen molar-refractivity contribution in [3.63, 3.8) is 0 Å². The Hall–Kier alpha value is -2.37. The summed E-state index contributed by atoms with van der Waals surface area (Å²) >= 11 is 0. The van der Waals surface area contributed by atoms with Crippen LogP contribution < -0.4 is 10.6 Å². The molecule has 27 heavy (non-hydrogen) atoms. The molecule has 1 atom stereocenters. The van der Waals surface area contributed by atoms with Crippen molar-refractivity contribution in [3.05, 3.63) is 29.8 Å². The molecule has 1 saturated heterocycles. The summed E-state index contributed by atoms with van der Waals surface area (Å²) in [4.78, 5) is 38.5. The van der Waals surface area contributed by atoms with Crippen molar-refractivity contribution < 1.29 is 14.4 Å². The van der Waals surface area contributed by atoms with E-state index in [1.54, 1.807) is 0 Å². The minimum absolute atomic E-state index is 0.255. The number of amides is 4. The second kappa shape index (κ2) is 7.71. The van der Waals surface area contributed by atoms with E-state index >= 15 is 0 Å². The molecule has 1 saturated carbocycles. The third-order valence-electron chi connectivity index (χ3n) is 6.05. The number of hydrogen-bond donors (Lipinski definition) is 2. The summed E-state index contributed by atoms with van der Waals surface area (Å²) in [6, 6.07) is 7.24. The molecular formula is C21H29N3O3. The third-order valence-corrected chi connectivity index (χ3v) is 6.05. The van der Waals surface area contributed by atoms with Gasteiger partial charge in [-0.1, -0.05) is 32.9 Å². The molecular weight excluding hydrogens is 342 g/mol. The molecule has 1 heterocycles. The van der Waals surface area contributed by atoms with Gasteiger partial charge < -0.3 is 10.6 Å². The van der Waals surface area contributed by atoms with Crippen molar-refractivity contribution >= 4 is 23.5 Å². The summed E-state index contributed by atoms with van der Waals surface area (Å²) in [5.74, 6) is 0.406. The minimum Gasteiger partial charge on any atom is -0.325 e. The van der Waals surface area contributed by atoms with Gasteiger partial charge in [-0.2, -0.15) is 0 Å². The van der Waals surface area contributed by atoms with E-state index in [9.17, 15) is 14.4 Å². The van der Waals surface area contributed by atoms with Gasteiger partial charge in [-0.3, -0.25) is 14.5 Å². The molecule has 0 bridgehead atoms. The van der Waals surface area contributed by atoms with Gasteiger partial charge in [-0.15, -0.1) is 0 Å². The number of hydrogen-bond acceptors (Lipinski definition) is 3. The summed E-state index contributed by atoms with van der Waals surface area (Å²) in [6.45, 7) is 6.20. The van der Waals surface area contributed by atoms with Crippen LogP contribution in [0.1, 0.15) is 64.4 Å². The zero-order valence-corrected chi connectivity index (χ0v) is 16.4. The molecule has 6 nitrogen and oxygen atoms in total. The standard InChI is InChI=1S/C21H29N3O3/c1-4-15(3)16-5-7-17(8-6-16)22-18(25)13-24-19(26)21(23-20(24)27)11-9-14(2)10-12-21/h5-8,14-15H,4,9-13H2,1-3H3,(H,22,25)(H,23,27)/t14?,15-,21?/m1/s1. The molecule has 146 valence electrons. The van der Waals surface area contributed by atoms with Crippen LogP contribution in [0.25, 0.3) is 0 Å². The van der Waals surface area contributed by atoms with Crippen molar-refractivity contribution in [1.29, 1.82) is 0 Å². The number of nitrogens with one attached hydrogen (secondary N) is 2. The average Bonchev–Trinajstić information content (AvgIpc) is 2.88. The highest BCUT2D eigenvalue weighted by Gasteiger charge is 2.52. The molecule has 1 aromatic carbocycles. The number of benzene rings is 1. The van der Waals surface area contributed by atoms with Crippen LogP contribution in [0.5, 0.6) is 0 Å². The van der Waals surface area contributed by atoms with E-state index in [2.05, 4.69) is 31.4 Å². The van der Waals surface area contributed by atoms with Gasteiger partial charge in [0.1, 0.15) is 12.1 Å². The largest absolute Gasteiger partial charge is 0.325 e. The first-order valence-electron chi connectivity index (χ1n) is 9.88. The van der Waals surface area contributed by atoms with Crippen LogP contribution in [0.3, 0.4) is 0 Å². The number of rotatable bonds is 5. The van der Waals surface area contributed by atoms with Gasteiger partial charge in [-0.25, -0.2) is 4.79 Å². The van der Waals surface area contributed by atoms with Crippen molar-refractivity contribution in [1.82, 2.24) is 10.2 Å². The second-order valence-electron chi connectivity index (χ2n) is 8.07. The summed E-state index contributed by atoms with van der Waals surface area (Å²) in [5.41, 5.74) is 1.08. The number of carbonyl (C=O) groups excluding carboxylic acids is 3. The maximum Gasteiger partial charge on any atom is 0.325 e. The van der Waals surface area contributed by atoms with Crippen molar-refractivity contribution in [2.45, 2.75) is 64.3 Å². The Bertz CT molecular complexity index is 721. The Morgan fingerprint density at radius 3 is 2.48 bits per heavy atom. The fraction of sp³-hybridized carbons (Fsp3) is 0.571. The quantitative estimate of drug-likeness (QED) is 0.776. The number of carbonyl (C=O) groups is 3. The lowest BCUT2D eigenvalue weighted by molar-refractivity contribution is -0.135. The Kier molecular flexibility index (Phi) is 5.53. The second-order valence-corrected chi connectivity index (χ2v) is 8.07. The number of urea groups is 1. The summed E-state index contributed by atoms with van der Waals surface area (Å²) in [7, 11) is 0. The zero-order chi connectivity index (χ0) is 19.6. The van der Waals surface area contributed by atoms with Gasteiger partial charge in [-0.05, 0) is 61.6 Å². The molecule has 1 aliphatic heterocycles. The fourth-order valence-corrected chi connectivity index (χ4v) is 3.89. The highest BCUT2D eigenvalue weighted by molar-refractivity contribution is 6.10. The van der Waals surface area contributed by atoms with Crippen LogP contribution in [-0.4, -0.2) is 34.8 Å². The number of anilines is 1. The van der Waals surface area contributed by atoms with Crippen LogP contribution in [0.2, 0.25) is 0 Å². The van der Waals surface area contributed by atoms with Crippen LogP contribution in [0.4, 0.5) is 10.5 Å². The van der Waals surface area contributed by atoms with Crippen LogP contribution >= 0.6 is 0 Å². The molecule has 3 rings (SSSR count). The van der Waals surface area contributed by atoms with Crippen LogP contribution in [0.15, 0.2) is 24.3 Å². The van der Waals surface area contributed by atoms with E-state index in [4.69, 9.17) is 0 Å². The number of nitrogens with zero attached hydrogens (tertiary/aromatic N) is 1. The van der Waals surface area contributed by atoms with E-state index in [1.165, 1.54) is 5.56 Å². The smallest absolute Gasteiger partial charge is 0.325 e. The lowest BCUT2D eigenvalue weighted by atomic mass is 9.77. The van der Waals surface area contributed by atoms with Gasteiger partial charge in [0, 0.05) is 5.69 Å². The van der Waals surface area contributed by atoms with Crippen LogP contribution in [-0.2, 0) is 9.59 Å². The van der Waals surface area contributed by atoms with Gasteiger partial charge >= 0.3 is 6.03 Å². The normalized spacial score (nSPS) is 26.2. The van der Waals surface area contributed by atoms with E-state index in [0.717, 1.165) is 24.2 Å². The Morgan fingerprint density at radius 2 is 1.89 bits per heavy atom. The summed E-state index contributed by atoms with van der Waals surface area (Å²) < 4.78 is 0. The average molecular weight is 371 g/mol. The first kappa shape index (κ1) is 19.4. The molecule has 1 spiro atoms. The first-order valence-corrected chi connectivity index (χ1v) is 9.88. The highest BCUT2D eigenvalue weighted by Crippen LogP contribution is 2.36. The summed E-state index contributed by atoms with van der Waals surface area (Å²) in [5, 5.41) is 5.62. The zero-order valence-electron chi connectivity index (χ0n) is 16.4. The molecule has 1 aliphatic carbocycles. The van der Waals surface area contributed by atoms with Crippen molar-refractivity contribution in [3.8, 4) is 0 Å². The predicted molar refractivity (Wildman–Crippen MR) is 104 cm³/mol. The summed E-state index contributed by atoms with van der Waals surface area (Å²) in [6.07, 6.45) is 4.17. The monoisotopic (exact) mass is 371 g/mol. The lowest BCUT2D eigenvalue weighted by Crippen LogP contribution is -2.49. The first-order chi connectivity index (χ1) is 12.8. The molecule has 0 unspecified atom stereocenters. The molecule has 0 aromatic heterocycles. The predicted octanol–water partition coefficient (Wildman–Crippen LogP) is 3.64. The Balaban J connectivity index is 1.60. The van der Waals surface area contributed by atoms with Crippen molar-refractivity contribution in [2.75, 3.05) is 11.9 Å². The Morgan fingerprint density at radius 1 is 1.26 bits per heavy atom. The van der Waals surface area contributed by atoms with Gasteiger partial charge in [0.25, 0.3) is 5.91 Å². The topological polar surface area (TPSA) is 78.5 Å². The molecule has 4 amide bonds. The maximum absolute atomic E-state index is 12.8. The maximum atomic E-state index is 12.8. The molecule has 1 aromatic rings. The molecule has 6 heteroatoms. The van der Waals surface area contributed by atoms with E-state index in [0.29, 0.717) is 30.4 Å². The lowest BCUT2D eigenvalue weighted by Gasteiger charge is -2.33. The third kappa shape index (κ3) is 3.99. The highest BCUT2D eigenvalue weighted by atomic mass is 16.2. The van der Waals surface area contributed by atoms with Crippen molar-refractivity contribution in [2.24, 2.45) is 5.92 Å². The number of imide groups is 1. The van der Waals surface area contributed by atoms with Crippen LogP contribution in [0, 0.1) is 5.92 Å². The van der Waals surface area contributed by atoms with Gasteiger partial charge in [0.05, 0.1) is 0 Å². The van der Waals surface area contributed by atoms with E-state index in [-0.39, 0.29) is 18.4 Å². The van der Waals surface area contributed by atoms with Gasteiger partial charge in [0.2, 0.25) is 5.91 Å². The Labute approximate surface area is 160 Å². The van der Waals surface area contributed by atoms with Gasteiger partial charge in [0.15, 0.2) is 0 Å². The molecule has 2 N–H and O–H groups in total. The SMILES string of the molecule is CC[C@@H](C)c1ccc(NC(=O)CN2C(=O)NC3(CCC(C)CC3)C2=O)cc1. The van der Waals surface area contributed by atoms with E-state index < -0.39 is 11.6 Å². The van der Waals surface area contributed by atoms with E-state index in [1.807, 2.05) is 24.3 Å². The minimum atomic E-state index is -0.804.